The lowest BCUT2D eigenvalue weighted by molar-refractivity contribution is -0.153. The molecule has 0 bridgehead atoms. The Morgan fingerprint density at radius 3 is 2.45 bits per heavy atom. The maximum atomic E-state index is 12.7. The van der Waals surface area contributed by atoms with E-state index in [2.05, 4.69) is 5.32 Å². The van der Waals surface area contributed by atoms with Crippen LogP contribution in [0, 0.1) is 17.2 Å². The van der Waals surface area contributed by atoms with Crippen molar-refractivity contribution < 1.29 is 22.7 Å². The zero-order chi connectivity index (χ0) is 21.4. The zero-order valence-electron chi connectivity index (χ0n) is 16.8. The van der Waals surface area contributed by atoms with E-state index in [0.717, 1.165) is 12.8 Å². The number of nitrogens with zero attached hydrogens (tertiary/aromatic N) is 2. The van der Waals surface area contributed by atoms with Crippen LogP contribution in [-0.2, 0) is 24.3 Å². The topological polar surface area (TPSA) is 117 Å². The summed E-state index contributed by atoms with van der Waals surface area (Å²) >= 11 is 0. The number of piperidine rings is 1. The van der Waals surface area contributed by atoms with E-state index in [0.29, 0.717) is 18.4 Å². The first-order valence-corrected chi connectivity index (χ1v) is 11.2. The van der Waals surface area contributed by atoms with Gasteiger partial charge in [0.1, 0.15) is 0 Å². The number of carbonyl (C=O) groups excluding carboxylic acids is 2. The second-order valence-electron chi connectivity index (χ2n) is 7.18. The fraction of sp³-hybridized carbons (Fsp3) is 0.550. The summed E-state index contributed by atoms with van der Waals surface area (Å²) in [6.07, 6.45) is 2.47. The average Bonchev–Trinajstić information content (AvgIpc) is 2.72. The molecule has 0 spiro atoms. The van der Waals surface area contributed by atoms with Crippen LogP contribution in [0.3, 0.4) is 0 Å². The number of hydrogen-bond acceptors (Lipinski definition) is 6. The van der Waals surface area contributed by atoms with Gasteiger partial charge in [-0.25, -0.2) is 8.42 Å². The van der Waals surface area contributed by atoms with Gasteiger partial charge in [-0.05, 0) is 50.5 Å². The Balaban J connectivity index is 1.84. The van der Waals surface area contributed by atoms with Gasteiger partial charge in [0, 0.05) is 19.1 Å². The smallest absolute Gasteiger partial charge is 0.309 e. The normalized spacial score (nSPS) is 16.6. The first-order valence-electron chi connectivity index (χ1n) is 9.74. The average molecular weight is 422 g/mol. The van der Waals surface area contributed by atoms with E-state index in [1.165, 1.54) is 28.6 Å². The molecule has 9 heteroatoms. The summed E-state index contributed by atoms with van der Waals surface area (Å²) in [6, 6.07) is 7.72. The summed E-state index contributed by atoms with van der Waals surface area (Å²) < 4.78 is 31.9. The van der Waals surface area contributed by atoms with Gasteiger partial charge in [0.05, 0.1) is 22.4 Å². The van der Waals surface area contributed by atoms with Crippen LogP contribution >= 0.6 is 0 Å². The predicted molar refractivity (Wildman–Crippen MR) is 106 cm³/mol. The predicted octanol–water partition coefficient (Wildman–Crippen LogP) is 1.81. The number of rotatable bonds is 8. The highest BCUT2D eigenvalue weighted by Crippen LogP contribution is 2.24. The molecular formula is C20H27N3O5S. The first kappa shape index (κ1) is 22.8. The zero-order valence-corrected chi connectivity index (χ0v) is 17.6. The molecular weight excluding hydrogens is 394 g/mol. The van der Waals surface area contributed by atoms with Gasteiger partial charge in [0.25, 0.3) is 5.91 Å². The van der Waals surface area contributed by atoms with E-state index >= 15 is 0 Å². The molecule has 0 radical (unpaired) electrons. The molecule has 1 aliphatic heterocycles. The molecule has 1 N–H and O–H groups in total. The molecule has 1 saturated heterocycles. The molecule has 0 unspecified atom stereocenters. The molecule has 1 heterocycles. The van der Waals surface area contributed by atoms with Crippen molar-refractivity contribution in [1.29, 1.82) is 5.26 Å². The number of esters is 1. The highest BCUT2D eigenvalue weighted by Gasteiger charge is 2.33. The van der Waals surface area contributed by atoms with Gasteiger partial charge < -0.3 is 10.1 Å². The van der Waals surface area contributed by atoms with Crippen LogP contribution in [0.4, 0.5) is 0 Å². The number of sulfonamides is 1. The summed E-state index contributed by atoms with van der Waals surface area (Å²) in [5.41, 5.74) is 0.388. The van der Waals surface area contributed by atoms with E-state index in [-0.39, 0.29) is 36.5 Å². The van der Waals surface area contributed by atoms with E-state index in [4.69, 9.17) is 10.00 Å². The SMILES string of the molecule is CCC[C@H](C)NC(=O)COC(=O)C1CCN(S(=O)(=O)c2ccc(C#N)cc2)CC1. The fourth-order valence-electron chi connectivity index (χ4n) is 3.26. The molecule has 0 aliphatic carbocycles. The molecule has 1 aliphatic rings. The highest BCUT2D eigenvalue weighted by atomic mass is 32.2. The lowest BCUT2D eigenvalue weighted by Crippen LogP contribution is -2.41. The van der Waals surface area contributed by atoms with Crippen LogP contribution < -0.4 is 5.32 Å². The summed E-state index contributed by atoms with van der Waals surface area (Å²) in [5.74, 6) is -1.23. The molecule has 0 aromatic heterocycles. The van der Waals surface area contributed by atoms with E-state index in [1.54, 1.807) is 0 Å². The summed E-state index contributed by atoms with van der Waals surface area (Å²) in [5, 5.41) is 11.6. The van der Waals surface area contributed by atoms with Gasteiger partial charge in [-0.1, -0.05) is 13.3 Å². The Kier molecular flexibility index (Phi) is 8.17. The van der Waals surface area contributed by atoms with Crippen molar-refractivity contribution in [2.45, 2.75) is 50.5 Å². The maximum Gasteiger partial charge on any atom is 0.309 e. The van der Waals surface area contributed by atoms with Crippen molar-refractivity contribution in [3.05, 3.63) is 29.8 Å². The van der Waals surface area contributed by atoms with Crippen LogP contribution in [0.5, 0.6) is 0 Å². The van der Waals surface area contributed by atoms with Gasteiger partial charge in [0.15, 0.2) is 6.61 Å². The van der Waals surface area contributed by atoms with Gasteiger partial charge in [-0.15, -0.1) is 0 Å². The Labute approximate surface area is 171 Å². The van der Waals surface area contributed by atoms with Crippen LogP contribution in [0.2, 0.25) is 0 Å². The Morgan fingerprint density at radius 2 is 1.90 bits per heavy atom. The van der Waals surface area contributed by atoms with Gasteiger partial charge in [0.2, 0.25) is 10.0 Å². The Morgan fingerprint density at radius 1 is 1.28 bits per heavy atom. The van der Waals surface area contributed by atoms with Crippen LogP contribution in [0.1, 0.15) is 45.1 Å². The van der Waals surface area contributed by atoms with Crippen molar-refractivity contribution in [1.82, 2.24) is 9.62 Å². The second-order valence-corrected chi connectivity index (χ2v) is 9.12. The molecule has 8 nitrogen and oxygen atoms in total. The quantitative estimate of drug-likeness (QED) is 0.640. The minimum absolute atomic E-state index is 0.0295. The number of nitrogens with one attached hydrogen (secondary N) is 1. The van der Waals surface area contributed by atoms with Crippen LogP contribution in [0.25, 0.3) is 0 Å². The van der Waals surface area contributed by atoms with Gasteiger partial charge in [-0.2, -0.15) is 9.57 Å². The fourth-order valence-corrected chi connectivity index (χ4v) is 4.73. The van der Waals surface area contributed by atoms with Crippen LogP contribution in [0.15, 0.2) is 29.2 Å². The standard InChI is InChI=1S/C20H27N3O5S/c1-3-4-15(2)22-19(24)14-28-20(25)17-9-11-23(12-10-17)29(26,27)18-7-5-16(13-21)6-8-18/h5-8,15,17H,3-4,9-12,14H2,1-2H3,(H,22,24)/t15-/m0/s1. The van der Waals surface area contributed by atoms with Crippen molar-refractivity contribution in [3.63, 3.8) is 0 Å². The molecule has 0 saturated carbocycles. The lowest BCUT2D eigenvalue weighted by Gasteiger charge is -2.30. The largest absolute Gasteiger partial charge is 0.455 e. The number of hydrogen-bond donors (Lipinski definition) is 1. The highest BCUT2D eigenvalue weighted by molar-refractivity contribution is 7.89. The minimum Gasteiger partial charge on any atom is -0.455 e. The third-order valence-electron chi connectivity index (χ3n) is 4.88. The molecule has 1 amide bonds. The van der Waals surface area contributed by atoms with E-state index in [9.17, 15) is 18.0 Å². The van der Waals surface area contributed by atoms with Gasteiger partial charge in [-0.3, -0.25) is 9.59 Å². The molecule has 158 valence electrons. The van der Waals surface area contributed by atoms with E-state index in [1.807, 2.05) is 19.9 Å². The van der Waals surface area contributed by atoms with Crippen molar-refractivity contribution in [2.75, 3.05) is 19.7 Å². The third-order valence-corrected chi connectivity index (χ3v) is 6.80. The molecule has 2 rings (SSSR count). The monoisotopic (exact) mass is 421 g/mol. The number of nitriles is 1. The summed E-state index contributed by atoms with van der Waals surface area (Å²) in [4.78, 5) is 24.1. The van der Waals surface area contributed by atoms with Crippen molar-refractivity contribution in [2.24, 2.45) is 5.92 Å². The first-order chi connectivity index (χ1) is 13.8. The van der Waals surface area contributed by atoms with E-state index < -0.39 is 21.9 Å². The summed E-state index contributed by atoms with van der Waals surface area (Å²) in [6.45, 7) is 3.99. The van der Waals surface area contributed by atoms with Crippen LogP contribution in [-0.4, -0.2) is 50.3 Å². The summed E-state index contributed by atoms with van der Waals surface area (Å²) in [7, 11) is -3.67. The Bertz CT molecular complexity index is 853. The van der Waals surface area contributed by atoms with Gasteiger partial charge >= 0.3 is 5.97 Å². The number of benzene rings is 1. The van der Waals surface area contributed by atoms with Crippen molar-refractivity contribution >= 4 is 21.9 Å². The molecule has 1 aromatic rings. The number of ether oxygens (including phenoxy) is 1. The molecule has 1 atom stereocenters. The Hall–Kier alpha value is -2.44. The minimum atomic E-state index is -3.67. The number of amides is 1. The lowest BCUT2D eigenvalue weighted by atomic mass is 9.98. The second kappa shape index (κ2) is 10.4. The number of carbonyl (C=O) groups is 2. The van der Waals surface area contributed by atoms with Crippen molar-refractivity contribution in [3.8, 4) is 6.07 Å². The maximum absolute atomic E-state index is 12.7. The molecule has 29 heavy (non-hydrogen) atoms. The third kappa shape index (κ3) is 6.27. The molecule has 1 aromatic carbocycles. The molecule has 1 fully saturated rings.